The van der Waals surface area contributed by atoms with Gasteiger partial charge < -0.3 is 5.32 Å². The minimum Gasteiger partial charge on any atom is -0.313 e. The van der Waals surface area contributed by atoms with E-state index in [9.17, 15) is 0 Å². The van der Waals surface area contributed by atoms with Gasteiger partial charge in [0, 0.05) is 11.5 Å². The third kappa shape index (κ3) is 2.55. The molecule has 0 radical (unpaired) electrons. The lowest BCUT2D eigenvalue weighted by molar-refractivity contribution is 0.167. The Bertz CT molecular complexity index is 338. The van der Waals surface area contributed by atoms with Crippen molar-refractivity contribution in [2.45, 2.75) is 51.5 Å². The highest BCUT2D eigenvalue weighted by Gasteiger charge is 2.38. The standard InChI is InChI=1S/C16H25N/c1-4-17-15(13-9-8-10-13)16(2,3)14-11-6-5-7-12-14/h5-7,11-13,15,17H,4,8-10H2,1-3H3. The van der Waals surface area contributed by atoms with E-state index in [1.54, 1.807) is 0 Å². The number of hydrogen-bond donors (Lipinski definition) is 1. The van der Waals surface area contributed by atoms with E-state index in [2.05, 4.69) is 56.4 Å². The van der Waals surface area contributed by atoms with Gasteiger partial charge in [-0.25, -0.2) is 0 Å². The molecular formula is C16H25N. The molecule has 1 nitrogen and oxygen atoms in total. The van der Waals surface area contributed by atoms with Crippen molar-refractivity contribution in [3.8, 4) is 0 Å². The van der Waals surface area contributed by atoms with Crippen molar-refractivity contribution in [3.05, 3.63) is 35.9 Å². The normalized spacial score (nSPS) is 18.8. The van der Waals surface area contributed by atoms with Crippen molar-refractivity contribution >= 4 is 0 Å². The second kappa shape index (κ2) is 5.22. The Hall–Kier alpha value is -0.820. The Morgan fingerprint density at radius 2 is 1.88 bits per heavy atom. The highest BCUT2D eigenvalue weighted by molar-refractivity contribution is 5.26. The fourth-order valence-electron chi connectivity index (χ4n) is 3.05. The van der Waals surface area contributed by atoms with Crippen LogP contribution in [0.5, 0.6) is 0 Å². The van der Waals surface area contributed by atoms with Crippen LogP contribution >= 0.6 is 0 Å². The average molecular weight is 231 g/mol. The van der Waals surface area contributed by atoms with Gasteiger partial charge in [-0.2, -0.15) is 0 Å². The molecule has 1 atom stereocenters. The topological polar surface area (TPSA) is 12.0 Å². The van der Waals surface area contributed by atoms with E-state index in [4.69, 9.17) is 0 Å². The molecule has 0 heterocycles. The Labute approximate surface area is 106 Å². The van der Waals surface area contributed by atoms with Gasteiger partial charge in [-0.05, 0) is 30.9 Å². The molecule has 0 spiro atoms. The zero-order chi connectivity index (χ0) is 12.3. The van der Waals surface area contributed by atoms with Crippen LogP contribution in [0.25, 0.3) is 0 Å². The number of likely N-dealkylation sites (N-methyl/N-ethyl adjacent to an activating group) is 1. The second-order valence-electron chi connectivity index (χ2n) is 5.81. The van der Waals surface area contributed by atoms with Crippen LogP contribution in [0.15, 0.2) is 30.3 Å². The van der Waals surface area contributed by atoms with Gasteiger partial charge in [-0.1, -0.05) is 57.5 Å². The molecule has 1 N–H and O–H groups in total. The zero-order valence-electron chi connectivity index (χ0n) is 11.4. The number of nitrogens with one attached hydrogen (secondary N) is 1. The van der Waals surface area contributed by atoms with Crippen molar-refractivity contribution in [1.29, 1.82) is 0 Å². The van der Waals surface area contributed by atoms with Gasteiger partial charge in [-0.3, -0.25) is 0 Å². The van der Waals surface area contributed by atoms with Gasteiger partial charge in [0.05, 0.1) is 0 Å². The van der Waals surface area contributed by atoms with Crippen molar-refractivity contribution in [1.82, 2.24) is 5.32 Å². The van der Waals surface area contributed by atoms with Crippen molar-refractivity contribution in [3.63, 3.8) is 0 Å². The summed E-state index contributed by atoms with van der Waals surface area (Å²) in [6.07, 6.45) is 4.21. The van der Waals surface area contributed by atoms with Crippen LogP contribution < -0.4 is 5.32 Å². The molecule has 17 heavy (non-hydrogen) atoms. The lowest BCUT2D eigenvalue weighted by Gasteiger charge is -2.44. The minimum atomic E-state index is 0.225. The summed E-state index contributed by atoms with van der Waals surface area (Å²) in [6, 6.07) is 11.6. The number of benzene rings is 1. The summed E-state index contributed by atoms with van der Waals surface area (Å²) < 4.78 is 0. The molecule has 1 unspecified atom stereocenters. The molecule has 2 rings (SSSR count). The molecule has 0 aliphatic heterocycles. The quantitative estimate of drug-likeness (QED) is 0.814. The van der Waals surface area contributed by atoms with Gasteiger partial charge in [0.2, 0.25) is 0 Å². The van der Waals surface area contributed by atoms with Crippen molar-refractivity contribution in [2.24, 2.45) is 5.92 Å². The largest absolute Gasteiger partial charge is 0.313 e. The smallest absolute Gasteiger partial charge is 0.0187 e. The first kappa shape index (κ1) is 12.6. The third-order valence-electron chi connectivity index (χ3n) is 4.34. The van der Waals surface area contributed by atoms with E-state index in [0.29, 0.717) is 6.04 Å². The average Bonchev–Trinajstić information content (AvgIpc) is 2.27. The maximum absolute atomic E-state index is 3.72. The van der Waals surface area contributed by atoms with Gasteiger partial charge in [-0.15, -0.1) is 0 Å². The van der Waals surface area contributed by atoms with E-state index in [0.717, 1.165) is 12.5 Å². The SMILES string of the molecule is CCNC(C1CCC1)C(C)(C)c1ccccc1. The molecule has 1 aliphatic carbocycles. The van der Waals surface area contributed by atoms with Gasteiger partial charge in [0.15, 0.2) is 0 Å². The Morgan fingerprint density at radius 1 is 1.24 bits per heavy atom. The predicted molar refractivity (Wildman–Crippen MR) is 74.3 cm³/mol. The maximum atomic E-state index is 3.72. The van der Waals surface area contributed by atoms with Gasteiger partial charge in [0.1, 0.15) is 0 Å². The first-order chi connectivity index (χ1) is 8.16. The molecule has 1 aromatic carbocycles. The molecular weight excluding hydrogens is 206 g/mol. The fraction of sp³-hybridized carbons (Fsp3) is 0.625. The number of rotatable bonds is 5. The van der Waals surface area contributed by atoms with E-state index in [1.165, 1.54) is 24.8 Å². The summed E-state index contributed by atoms with van der Waals surface area (Å²) in [7, 11) is 0. The monoisotopic (exact) mass is 231 g/mol. The van der Waals surface area contributed by atoms with E-state index < -0.39 is 0 Å². The summed E-state index contributed by atoms with van der Waals surface area (Å²) >= 11 is 0. The molecule has 1 saturated carbocycles. The van der Waals surface area contributed by atoms with E-state index in [-0.39, 0.29) is 5.41 Å². The molecule has 0 aromatic heterocycles. The van der Waals surface area contributed by atoms with Crippen LogP contribution in [-0.4, -0.2) is 12.6 Å². The van der Waals surface area contributed by atoms with Crippen LogP contribution in [0.3, 0.4) is 0 Å². The third-order valence-corrected chi connectivity index (χ3v) is 4.34. The van der Waals surface area contributed by atoms with Crippen LogP contribution in [-0.2, 0) is 5.41 Å². The molecule has 1 aliphatic rings. The number of hydrogen-bond acceptors (Lipinski definition) is 1. The predicted octanol–water partition coefficient (Wildman–Crippen LogP) is 3.74. The zero-order valence-corrected chi connectivity index (χ0v) is 11.4. The van der Waals surface area contributed by atoms with Crippen LogP contribution in [0.4, 0.5) is 0 Å². The first-order valence-corrected chi connectivity index (χ1v) is 6.95. The molecule has 0 bridgehead atoms. The highest BCUT2D eigenvalue weighted by atomic mass is 14.9. The Kier molecular flexibility index (Phi) is 3.88. The highest BCUT2D eigenvalue weighted by Crippen LogP contribution is 2.39. The first-order valence-electron chi connectivity index (χ1n) is 6.95. The molecule has 94 valence electrons. The molecule has 1 fully saturated rings. The fourth-order valence-corrected chi connectivity index (χ4v) is 3.05. The van der Waals surface area contributed by atoms with E-state index in [1.807, 2.05) is 0 Å². The summed E-state index contributed by atoms with van der Waals surface area (Å²) in [5, 5.41) is 3.72. The summed E-state index contributed by atoms with van der Waals surface area (Å²) in [4.78, 5) is 0. The lowest BCUT2D eigenvalue weighted by atomic mass is 9.66. The molecule has 1 heteroatoms. The van der Waals surface area contributed by atoms with Crippen molar-refractivity contribution < 1.29 is 0 Å². The van der Waals surface area contributed by atoms with Crippen LogP contribution in [0.1, 0.15) is 45.6 Å². The Morgan fingerprint density at radius 3 is 2.35 bits per heavy atom. The second-order valence-corrected chi connectivity index (χ2v) is 5.81. The Balaban J connectivity index is 2.21. The van der Waals surface area contributed by atoms with Crippen LogP contribution in [0.2, 0.25) is 0 Å². The van der Waals surface area contributed by atoms with Crippen LogP contribution in [0, 0.1) is 5.92 Å². The summed E-state index contributed by atoms with van der Waals surface area (Å²) in [5.74, 6) is 0.866. The molecule has 1 aromatic rings. The van der Waals surface area contributed by atoms with E-state index >= 15 is 0 Å². The van der Waals surface area contributed by atoms with Gasteiger partial charge in [0.25, 0.3) is 0 Å². The maximum Gasteiger partial charge on any atom is 0.0187 e. The lowest BCUT2D eigenvalue weighted by Crippen LogP contribution is -2.51. The summed E-state index contributed by atoms with van der Waals surface area (Å²) in [5.41, 5.74) is 1.68. The summed E-state index contributed by atoms with van der Waals surface area (Å²) in [6.45, 7) is 8.05. The van der Waals surface area contributed by atoms with Gasteiger partial charge >= 0.3 is 0 Å². The molecule has 0 saturated heterocycles. The molecule has 0 amide bonds. The minimum absolute atomic E-state index is 0.225. The van der Waals surface area contributed by atoms with Crippen molar-refractivity contribution in [2.75, 3.05) is 6.54 Å².